The second kappa shape index (κ2) is 10.2. The number of guanidine groups is 1. The van der Waals surface area contributed by atoms with E-state index in [1.54, 1.807) is 13.1 Å². The van der Waals surface area contributed by atoms with Gasteiger partial charge in [-0.25, -0.2) is 4.39 Å². The molecule has 6 heteroatoms. The first-order valence-corrected chi connectivity index (χ1v) is 9.23. The number of halogens is 1. The fraction of sp³-hybridized carbons (Fsp3) is 0.632. The van der Waals surface area contributed by atoms with Crippen molar-refractivity contribution in [1.82, 2.24) is 10.6 Å². The predicted octanol–water partition coefficient (Wildman–Crippen LogP) is 2.76. The molecule has 0 bridgehead atoms. The van der Waals surface area contributed by atoms with E-state index in [0.29, 0.717) is 31.4 Å². The summed E-state index contributed by atoms with van der Waals surface area (Å²) < 4.78 is 19.8. The van der Waals surface area contributed by atoms with Gasteiger partial charge in [0, 0.05) is 33.2 Å². The zero-order valence-electron chi connectivity index (χ0n) is 15.6. The first kappa shape index (κ1) is 19.5. The molecule has 0 saturated carbocycles. The molecular formula is C19H31FN4O. The van der Waals surface area contributed by atoms with Crippen LogP contribution in [-0.2, 0) is 11.3 Å². The van der Waals surface area contributed by atoms with Gasteiger partial charge in [-0.15, -0.1) is 0 Å². The average Bonchev–Trinajstić information content (AvgIpc) is 2.65. The van der Waals surface area contributed by atoms with Gasteiger partial charge in [0.25, 0.3) is 0 Å². The lowest BCUT2D eigenvalue weighted by molar-refractivity contribution is 0.122. The van der Waals surface area contributed by atoms with Crippen LogP contribution in [0.5, 0.6) is 0 Å². The number of benzene rings is 1. The molecular weight excluding hydrogens is 319 g/mol. The number of rotatable bonds is 7. The van der Waals surface area contributed by atoms with E-state index in [1.165, 1.54) is 0 Å². The SMILES string of the molecule is CCC(CC)CNC(=NC)NCc1ccc(N2CCOCC2)c(F)c1. The molecule has 1 aromatic rings. The molecule has 0 amide bonds. The number of hydrogen-bond donors (Lipinski definition) is 2. The van der Waals surface area contributed by atoms with Crippen molar-refractivity contribution in [1.29, 1.82) is 0 Å². The van der Waals surface area contributed by atoms with Crippen molar-refractivity contribution in [3.63, 3.8) is 0 Å². The molecule has 0 unspecified atom stereocenters. The third-order valence-electron chi connectivity index (χ3n) is 4.76. The fourth-order valence-corrected chi connectivity index (χ4v) is 2.95. The quantitative estimate of drug-likeness (QED) is 0.586. The van der Waals surface area contributed by atoms with Crippen LogP contribution in [-0.4, -0.2) is 45.9 Å². The van der Waals surface area contributed by atoms with Gasteiger partial charge in [0.1, 0.15) is 5.82 Å². The number of hydrogen-bond acceptors (Lipinski definition) is 3. The van der Waals surface area contributed by atoms with Gasteiger partial charge in [0.15, 0.2) is 5.96 Å². The first-order valence-electron chi connectivity index (χ1n) is 9.23. The lowest BCUT2D eigenvalue weighted by Gasteiger charge is -2.29. The Morgan fingerprint density at radius 1 is 1.24 bits per heavy atom. The summed E-state index contributed by atoms with van der Waals surface area (Å²) in [6.45, 7) is 8.63. The van der Waals surface area contributed by atoms with Crippen LogP contribution >= 0.6 is 0 Å². The minimum absolute atomic E-state index is 0.179. The highest BCUT2D eigenvalue weighted by molar-refractivity contribution is 5.79. The Hall–Kier alpha value is -1.82. The van der Waals surface area contributed by atoms with E-state index in [0.717, 1.165) is 44.0 Å². The van der Waals surface area contributed by atoms with Crippen molar-refractivity contribution in [2.75, 3.05) is 44.8 Å². The highest BCUT2D eigenvalue weighted by Crippen LogP contribution is 2.21. The van der Waals surface area contributed by atoms with Crippen molar-refractivity contribution in [2.45, 2.75) is 33.2 Å². The molecule has 2 rings (SSSR count). The molecule has 0 spiro atoms. The maximum atomic E-state index is 14.4. The van der Waals surface area contributed by atoms with Crippen molar-refractivity contribution >= 4 is 11.6 Å². The minimum Gasteiger partial charge on any atom is -0.378 e. The molecule has 0 atom stereocenters. The van der Waals surface area contributed by atoms with E-state index in [9.17, 15) is 4.39 Å². The van der Waals surface area contributed by atoms with Crippen molar-refractivity contribution in [3.8, 4) is 0 Å². The Morgan fingerprint density at radius 3 is 2.56 bits per heavy atom. The monoisotopic (exact) mass is 350 g/mol. The van der Waals surface area contributed by atoms with Crippen molar-refractivity contribution in [2.24, 2.45) is 10.9 Å². The summed E-state index contributed by atoms with van der Waals surface area (Å²) in [6.07, 6.45) is 2.30. The van der Waals surface area contributed by atoms with Crippen molar-refractivity contribution in [3.05, 3.63) is 29.6 Å². The molecule has 1 aromatic carbocycles. The van der Waals surface area contributed by atoms with Gasteiger partial charge in [0.2, 0.25) is 0 Å². The van der Waals surface area contributed by atoms with E-state index in [4.69, 9.17) is 4.74 Å². The number of aliphatic imine (C=N–C) groups is 1. The number of nitrogens with one attached hydrogen (secondary N) is 2. The number of morpholine rings is 1. The maximum Gasteiger partial charge on any atom is 0.191 e. The molecule has 0 aliphatic carbocycles. The summed E-state index contributed by atoms with van der Waals surface area (Å²) in [5.74, 6) is 1.22. The normalized spacial score (nSPS) is 15.6. The summed E-state index contributed by atoms with van der Waals surface area (Å²) >= 11 is 0. The smallest absolute Gasteiger partial charge is 0.191 e. The summed E-state index contributed by atoms with van der Waals surface area (Å²) in [7, 11) is 1.75. The zero-order valence-corrected chi connectivity index (χ0v) is 15.6. The van der Waals surface area contributed by atoms with E-state index in [-0.39, 0.29) is 5.82 Å². The average molecular weight is 350 g/mol. The highest BCUT2D eigenvalue weighted by Gasteiger charge is 2.15. The minimum atomic E-state index is -0.179. The standard InChI is InChI=1S/C19H31FN4O/c1-4-15(5-2)13-22-19(21-3)23-14-16-6-7-18(17(20)12-16)24-8-10-25-11-9-24/h6-7,12,15H,4-5,8-11,13-14H2,1-3H3,(H2,21,22,23). The summed E-state index contributed by atoms with van der Waals surface area (Å²) in [5, 5.41) is 6.60. The molecule has 1 aliphatic rings. The predicted molar refractivity (Wildman–Crippen MR) is 102 cm³/mol. The van der Waals surface area contributed by atoms with Gasteiger partial charge in [-0.1, -0.05) is 32.8 Å². The molecule has 2 N–H and O–H groups in total. The molecule has 25 heavy (non-hydrogen) atoms. The van der Waals surface area contributed by atoms with Crippen LogP contribution in [0.15, 0.2) is 23.2 Å². The second-order valence-electron chi connectivity index (χ2n) is 6.37. The Kier molecular flexibility index (Phi) is 7.98. The maximum absolute atomic E-state index is 14.4. The summed E-state index contributed by atoms with van der Waals surface area (Å²) in [6, 6.07) is 5.43. The molecule has 1 saturated heterocycles. The van der Waals surface area contributed by atoms with E-state index in [2.05, 4.69) is 29.5 Å². The number of anilines is 1. The Balaban J connectivity index is 1.88. The zero-order chi connectivity index (χ0) is 18.1. The van der Waals surface area contributed by atoms with Gasteiger partial charge >= 0.3 is 0 Å². The van der Waals surface area contributed by atoms with Crippen molar-refractivity contribution < 1.29 is 9.13 Å². The molecule has 1 heterocycles. The molecule has 0 radical (unpaired) electrons. The number of ether oxygens (including phenoxy) is 1. The van der Waals surface area contributed by atoms with Crippen LogP contribution < -0.4 is 15.5 Å². The van der Waals surface area contributed by atoms with Crippen LogP contribution in [0.25, 0.3) is 0 Å². The first-order chi connectivity index (χ1) is 12.2. The fourth-order valence-electron chi connectivity index (χ4n) is 2.95. The van der Waals surface area contributed by atoms with Gasteiger partial charge < -0.3 is 20.3 Å². The lowest BCUT2D eigenvalue weighted by atomic mass is 10.0. The third kappa shape index (κ3) is 5.88. The van der Waals surface area contributed by atoms with E-state index in [1.807, 2.05) is 17.0 Å². The van der Waals surface area contributed by atoms with Gasteiger partial charge in [-0.05, 0) is 23.6 Å². The van der Waals surface area contributed by atoms with Crippen LogP contribution in [0.2, 0.25) is 0 Å². The van der Waals surface area contributed by atoms with Crippen LogP contribution in [0.3, 0.4) is 0 Å². The van der Waals surface area contributed by atoms with Crippen LogP contribution in [0.4, 0.5) is 10.1 Å². The summed E-state index contributed by atoms with van der Waals surface area (Å²) in [4.78, 5) is 6.27. The molecule has 140 valence electrons. The van der Waals surface area contributed by atoms with Crippen LogP contribution in [0.1, 0.15) is 32.3 Å². The third-order valence-corrected chi connectivity index (χ3v) is 4.76. The Bertz CT molecular complexity index is 554. The highest BCUT2D eigenvalue weighted by atomic mass is 19.1. The largest absolute Gasteiger partial charge is 0.378 e. The Labute approximate surface area is 150 Å². The molecule has 0 aromatic heterocycles. The van der Waals surface area contributed by atoms with E-state index < -0.39 is 0 Å². The molecule has 1 aliphatic heterocycles. The van der Waals surface area contributed by atoms with Gasteiger partial charge in [0.05, 0.1) is 18.9 Å². The van der Waals surface area contributed by atoms with Gasteiger partial charge in [-0.2, -0.15) is 0 Å². The lowest BCUT2D eigenvalue weighted by Crippen LogP contribution is -2.39. The molecule has 1 fully saturated rings. The Morgan fingerprint density at radius 2 is 1.96 bits per heavy atom. The van der Waals surface area contributed by atoms with Gasteiger partial charge in [-0.3, -0.25) is 4.99 Å². The summed E-state index contributed by atoms with van der Waals surface area (Å²) in [5.41, 5.74) is 1.56. The number of nitrogens with zero attached hydrogens (tertiary/aromatic N) is 2. The van der Waals surface area contributed by atoms with E-state index >= 15 is 0 Å². The second-order valence-corrected chi connectivity index (χ2v) is 6.37. The topological polar surface area (TPSA) is 48.9 Å². The molecule has 5 nitrogen and oxygen atoms in total. The van der Waals surface area contributed by atoms with Crippen LogP contribution in [0, 0.1) is 11.7 Å².